The van der Waals surface area contributed by atoms with Gasteiger partial charge >= 0.3 is 0 Å². The third-order valence-electron chi connectivity index (χ3n) is 5.18. The standard InChI is InChI=1S/C19H21N3O4/c1-13-20-21-18(26-13)19-11-22(9-15(19)10-25-12-19)17(23)8-7-14-5-3-4-6-16(14)24-2/h3-8,15H,9-12H2,1-2H3/b8-7+/t15-,19-/m0/s1. The number of carbonyl (C=O) groups is 1. The number of rotatable bonds is 4. The Morgan fingerprint density at radius 2 is 2.23 bits per heavy atom. The van der Waals surface area contributed by atoms with Gasteiger partial charge in [0.25, 0.3) is 0 Å². The molecule has 7 nitrogen and oxygen atoms in total. The molecule has 1 amide bonds. The highest BCUT2D eigenvalue weighted by atomic mass is 16.5. The first kappa shape index (κ1) is 16.8. The van der Waals surface area contributed by atoms with Crippen LogP contribution in [0.25, 0.3) is 6.08 Å². The monoisotopic (exact) mass is 355 g/mol. The van der Waals surface area contributed by atoms with Gasteiger partial charge < -0.3 is 18.8 Å². The first-order valence-electron chi connectivity index (χ1n) is 8.61. The van der Waals surface area contributed by atoms with E-state index in [4.69, 9.17) is 13.9 Å². The largest absolute Gasteiger partial charge is 0.496 e. The van der Waals surface area contributed by atoms with Gasteiger partial charge in [-0.1, -0.05) is 18.2 Å². The predicted octanol–water partition coefficient (Wildman–Crippen LogP) is 1.83. The molecule has 0 saturated carbocycles. The maximum absolute atomic E-state index is 12.7. The summed E-state index contributed by atoms with van der Waals surface area (Å²) in [6.07, 6.45) is 3.38. The number of ether oxygens (including phenoxy) is 2. The summed E-state index contributed by atoms with van der Waals surface area (Å²) in [7, 11) is 1.62. The summed E-state index contributed by atoms with van der Waals surface area (Å²) in [5.74, 6) is 1.97. The van der Waals surface area contributed by atoms with Gasteiger partial charge in [-0.05, 0) is 12.1 Å². The van der Waals surface area contributed by atoms with Gasteiger partial charge in [0.1, 0.15) is 5.75 Å². The van der Waals surface area contributed by atoms with Crippen molar-refractivity contribution in [3.63, 3.8) is 0 Å². The van der Waals surface area contributed by atoms with E-state index in [1.807, 2.05) is 29.2 Å². The van der Waals surface area contributed by atoms with E-state index in [0.29, 0.717) is 38.1 Å². The molecule has 0 spiro atoms. The lowest BCUT2D eigenvalue weighted by Gasteiger charge is -2.22. The van der Waals surface area contributed by atoms with Gasteiger partial charge in [0.2, 0.25) is 17.7 Å². The van der Waals surface area contributed by atoms with Crippen molar-refractivity contribution >= 4 is 12.0 Å². The van der Waals surface area contributed by atoms with E-state index >= 15 is 0 Å². The van der Waals surface area contributed by atoms with E-state index in [1.165, 1.54) is 0 Å². The lowest BCUT2D eigenvalue weighted by atomic mass is 9.81. The molecule has 0 N–H and O–H groups in total. The van der Waals surface area contributed by atoms with Crippen LogP contribution in [0.15, 0.2) is 34.8 Å². The lowest BCUT2D eigenvalue weighted by Crippen LogP contribution is -2.37. The number of likely N-dealkylation sites (tertiary alicyclic amines) is 1. The van der Waals surface area contributed by atoms with Gasteiger partial charge in [0.15, 0.2) is 0 Å². The molecule has 2 aromatic rings. The maximum Gasteiger partial charge on any atom is 0.246 e. The molecule has 26 heavy (non-hydrogen) atoms. The minimum Gasteiger partial charge on any atom is -0.496 e. The van der Waals surface area contributed by atoms with Gasteiger partial charge in [-0.15, -0.1) is 10.2 Å². The number of carbonyl (C=O) groups excluding carboxylic acids is 1. The molecule has 3 heterocycles. The highest BCUT2D eigenvalue weighted by Crippen LogP contribution is 2.43. The Kier molecular flexibility index (Phi) is 4.24. The summed E-state index contributed by atoms with van der Waals surface area (Å²) >= 11 is 0. The minimum atomic E-state index is -0.394. The number of para-hydroxylation sites is 1. The van der Waals surface area contributed by atoms with Gasteiger partial charge in [-0.3, -0.25) is 4.79 Å². The summed E-state index contributed by atoms with van der Waals surface area (Å²) in [6.45, 7) is 4.01. The molecule has 4 rings (SSSR count). The molecule has 0 radical (unpaired) electrons. The summed E-state index contributed by atoms with van der Waals surface area (Å²) < 4.78 is 16.7. The highest BCUT2D eigenvalue weighted by molar-refractivity contribution is 5.92. The van der Waals surface area contributed by atoms with Crippen LogP contribution in [0.1, 0.15) is 17.3 Å². The Bertz CT molecular complexity index is 847. The summed E-state index contributed by atoms with van der Waals surface area (Å²) in [5, 5.41) is 8.15. The van der Waals surface area contributed by atoms with Crippen molar-refractivity contribution in [1.82, 2.24) is 15.1 Å². The number of hydrogen-bond acceptors (Lipinski definition) is 6. The zero-order chi connectivity index (χ0) is 18.1. The van der Waals surface area contributed by atoms with Gasteiger partial charge in [-0.25, -0.2) is 0 Å². The smallest absolute Gasteiger partial charge is 0.246 e. The van der Waals surface area contributed by atoms with Crippen molar-refractivity contribution in [2.75, 3.05) is 33.4 Å². The van der Waals surface area contributed by atoms with E-state index in [9.17, 15) is 4.79 Å². The van der Waals surface area contributed by atoms with E-state index in [1.54, 1.807) is 26.2 Å². The molecule has 1 aromatic carbocycles. The number of aryl methyl sites for hydroxylation is 1. The normalized spacial score (nSPS) is 25.0. The molecule has 2 atom stereocenters. The number of benzene rings is 1. The van der Waals surface area contributed by atoms with E-state index < -0.39 is 5.41 Å². The first-order valence-corrected chi connectivity index (χ1v) is 8.61. The zero-order valence-electron chi connectivity index (χ0n) is 14.8. The first-order chi connectivity index (χ1) is 12.6. The second-order valence-electron chi connectivity index (χ2n) is 6.79. The molecular formula is C19H21N3O4. The fraction of sp³-hybridized carbons (Fsp3) is 0.421. The van der Waals surface area contributed by atoms with Crippen molar-refractivity contribution in [2.45, 2.75) is 12.3 Å². The second kappa shape index (κ2) is 6.57. The van der Waals surface area contributed by atoms with Crippen molar-refractivity contribution in [3.8, 4) is 5.75 Å². The molecule has 1 aromatic heterocycles. The van der Waals surface area contributed by atoms with Gasteiger partial charge in [0, 0.05) is 37.6 Å². The Labute approximate surface area is 151 Å². The van der Waals surface area contributed by atoms with Crippen LogP contribution < -0.4 is 4.74 Å². The summed E-state index contributed by atoms with van der Waals surface area (Å²) in [4.78, 5) is 14.6. The lowest BCUT2D eigenvalue weighted by molar-refractivity contribution is -0.125. The Morgan fingerprint density at radius 1 is 1.38 bits per heavy atom. The second-order valence-corrected chi connectivity index (χ2v) is 6.79. The van der Waals surface area contributed by atoms with Crippen molar-refractivity contribution < 1.29 is 18.7 Å². The number of hydrogen-bond donors (Lipinski definition) is 0. The summed E-state index contributed by atoms with van der Waals surface area (Å²) in [6, 6.07) is 7.60. The van der Waals surface area contributed by atoms with Crippen LogP contribution >= 0.6 is 0 Å². The summed E-state index contributed by atoms with van der Waals surface area (Å²) in [5.41, 5.74) is 0.475. The fourth-order valence-electron chi connectivity index (χ4n) is 3.77. The topological polar surface area (TPSA) is 77.7 Å². The molecule has 2 fully saturated rings. The number of amides is 1. The fourth-order valence-corrected chi connectivity index (χ4v) is 3.77. The van der Waals surface area contributed by atoms with Gasteiger partial charge in [0.05, 0.1) is 25.7 Å². The average molecular weight is 355 g/mol. The molecule has 136 valence electrons. The molecule has 0 aliphatic carbocycles. The molecule has 0 unspecified atom stereocenters. The number of fused-ring (bicyclic) bond motifs is 1. The maximum atomic E-state index is 12.7. The Morgan fingerprint density at radius 3 is 3.00 bits per heavy atom. The Balaban J connectivity index is 1.53. The molecule has 2 aliphatic heterocycles. The number of aromatic nitrogens is 2. The van der Waals surface area contributed by atoms with Crippen LogP contribution in [0.4, 0.5) is 0 Å². The molecule has 7 heteroatoms. The van der Waals surface area contributed by atoms with Crippen molar-refractivity contribution in [3.05, 3.63) is 47.7 Å². The molecular weight excluding hydrogens is 334 g/mol. The third-order valence-corrected chi connectivity index (χ3v) is 5.18. The van der Waals surface area contributed by atoms with Crippen LogP contribution in [-0.4, -0.2) is 54.4 Å². The van der Waals surface area contributed by atoms with Crippen molar-refractivity contribution in [1.29, 1.82) is 0 Å². The highest BCUT2D eigenvalue weighted by Gasteiger charge is 2.56. The zero-order valence-corrected chi connectivity index (χ0v) is 14.8. The van der Waals surface area contributed by atoms with Crippen LogP contribution in [0, 0.1) is 12.8 Å². The molecule has 0 bridgehead atoms. The third kappa shape index (κ3) is 2.78. The molecule has 2 aliphatic rings. The van der Waals surface area contributed by atoms with Gasteiger partial charge in [-0.2, -0.15) is 0 Å². The number of methoxy groups -OCH3 is 1. The molecule has 2 saturated heterocycles. The Hall–Kier alpha value is -2.67. The minimum absolute atomic E-state index is 0.0408. The van der Waals surface area contributed by atoms with E-state index in [0.717, 1.165) is 11.3 Å². The van der Waals surface area contributed by atoms with Crippen LogP contribution in [0.5, 0.6) is 5.75 Å². The van der Waals surface area contributed by atoms with E-state index in [-0.39, 0.29) is 11.8 Å². The van der Waals surface area contributed by atoms with E-state index in [2.05, 4.69) is 10.2 Å². The number of nitrogens with zero attached hydrogens (tertiary/aromatic N) is 3. The average Bonchev–Trinajstić information content (AvgIpc) is 3.33. The van der Waals surface area contributed by atoms with Crippen LogP contribution in [-0.2, 0) is 14.9 Å². The van der Waals surface area contributed by atoms with Crippen LogP contribution in [0.3, 0.4) is 0 Å². The van der Waals surface area contributed by atoms with Crippen LogP contribution in [0.2, 0.25) is 0 Å². The quantitative estimate of drug-likeness (QED) is 0.779. The van der Waals surface area contributed by atoms with Crippen molar-refractivity contribution in [2.24, 2.45) is 5.92 Å². The SMILES string of the molecule is COc1ccccc1/C=C/C(=O)N1C[C@H]2COC[C@@]2(c2nnc(C)o2)C1. The predicted molar refractivity (Wildman–Crippen MR) is 93.6 cm³/mol.